The summed E-state index contributed by atoms with van der Waals surface area (Å²) in [6.45, 7) is 6.67. The van der Waals surface area contributed by atoms with Gasteiger partial charge in [0.2, 0.25) is 0 Å². The summed E-state index contributed by atoms with van der Waals surface area (Å²) in [5.41, 5.74) is 9.48. The van der Waals surface area contributed by atoms with E-state index in [4.69, 9.17) is 20.2 Å². The number of ether oxygens (including phenoxy) is 2. The number of aromatic nitrogens is 3. The molecule has 1 unspecified atom stereocenters. The number of benzene rings is 1. The van der Waals surface area contributed by atoms with Gasteiger partial charge in [-0.25, -0.2) is 9.97 Å². The number of anilines is 5. The third-order valence-corrected chi connectivity index (χ3v) is 7.56. The van der Waals surface area contributed by atoms with E-state index in [2.05, 4.69) is 42.5 Å². The number of fused-ring (bicyclic) bond motifs is 3. The Balaban J connectivity index is 1.22. The van der Waals surface area contributed by atoms with E-state index >= 15 is 0 Å². The van der Waals surface area contributed by atoms with E-state index < -0.39 is 5.91 Å². The zero-order valence-corrected chi connectivity index (χ0v) is 22.1. The molecule has 0 bridgehead atoms. The summed E-state index contributed by atoms with van der Waals surface area (Å²) >= 11 is 0. The van der Waals surface area contributed by atoms with Crippen LogP contribution in [-0.4, -0.2) is 72.4 Å². The molecular weight excluding hydrogens is 496 g/mol. The van der Waals surface area contributed by atoms with Crippen LogP contribution < -0.4 is 30.9 Å². The van der Waals surface area contributed by atoms with Crippen molar-refractivity contribution >= 4 is 34.6 Å². The molecule has 2 saturated heterocycles. The quantitative estimate of drug-likeness (QED) is 0.419. The molecule has 11 nitrogen and oxygen atoms in total. The second-order valence-electron chi connectivity index (χ2n) is 10.1. The smallest absolute Gasteiger partial charge is 0.271 e. The molecule has 0 radical (unpaired) electrons. The predicted octanol–water partition coefficient (Wildman–Crippen LogP) is 2.96. The van der Waals surface area contributed by atoms with Gasteiger partial charge in [0.05, 0.1) is 29.3 Å². The molecule has 0 saturated carbocycles. The van der Waals surface area contributed by atoms with Crippen LogP contribution >= 0.6 is 0 Å². The first-order chi connectivity index (χ1) is 19.1. The van der Waals surface area contributed by atoms with Crippen molar-refractivity contribution in [2.75, 3.05) is 59.9 Å². The fourth-order valence-electron chi connectivity index (χ4n) is 5.48. The lowest BCUT2D eigenvalue weighted by molar-refractivity contribution is 0.0903. The molecule has 2 fully saturated rings. The molecule has 6 rings (SSSR count). The number of carbonyl (C=O) groups excluding carboxylic acids is 1. The topological polar surface area (TPSA) is 131 Å². The summed E-state index contributed by atoms with van der Waals surface area (Å²) in [6, 6.07) is 10.5. The van der Waals surface area contributed by atoms with Crippen LogP contribution in [-0.2, 0) is 11.2 Å². The molecule has 3 aliphatic heterocycles. The Morgan fingerprint density at radius 2 is 2.03 bits per heavy atom. The monoisotopic (exact) mass is 530 g/mol. The summed E-state index contributed by atoms with van der Waals surface area (Å²) in [5, 5.41) is 6.78. The highest BCUT2D eigenvalue weighted by molar-refractivity contribution is 5.96. The first-order valence-electron chi connectivity index (χ1n) is 13.6. The minimum absolute atomic E-state index is 0.120. The fraction of sp³-hybridized carbons (Fsp3) is 0.429. The molecule has 204 valence electrons. The van der Waals surface area contributed by atoms with E-state index in [1.54, 1.807) is 6.20 Å². The average Bonchev–Trinajstić information content (AvgIpc) is 2.97. The van der Waals surface area contributed by atoms with Crippen LogP contribution in [0.2, 0.25) is 0 Å². The summed E-state index contributed by atoms with van der Waals surface area (Å²) in [7, 11) is 0. The molecule has 11 heteroatoms. The second kappa shape index (κ2) is 10.9. The number of nitrogens with zero attached hydrogens (tertiary/aromatic N) is 5. The van der Waals surface area contributed by atoms with Crippen molar-refractivity contribution in [2.24, 2.45) is 5.73 Å². The lowest BCUT2D eigenvalue weighted by atomic mass is 10.1. The molecule has 3 aromatic rings. The molecule has 1 aromatic carbocycles. The Kier molecular flexibility index (Phi) is 7.06. The number of amides is 1. The highest BCUT2D eigenvalue weighted by Gasteiger charge is 2.33. The van der Waals surface area contributed by atoms with Gasteiger partial charge in [-0.2, -0.15) is 0 Å². The van der Waals surface area contributed by atoms with Crippen molar-refractivity contribution in [3.8, 4) is 5.75 Å². The van der Waals surface area contributed by atoms with Gasteiger partial charge in [-0.15, -0.1) is 0 Å². The number of nitrogens with two attached hydrogens (primary N) is 1. The summed E-state index contributed by atoms with van der Waals surface area (Å²) in [6.07, 6.45) is 6.12. The number of carbonyl (C=O) groups is 1. The van der Waals surface area contributed by atoms with Gasteiger partial charge in [0, 0.05) is 56.8 Å². The van der Waals surface area contributed by atoms with Gasteiger partial charge in [0.25, 0.3) is 5.91 Å². The van der Waals surface area contributed by atoms with Crippen molar-refractivity contribution in [1.82, 2.24) is 15.0 Å². The van der Waals surface area contributed by atoms with E-state index in [-0.39, 0.29) is 17.8 Å². The van der Waals surface area contributed by atoms with Crippen LogP contribution in [0.25, 0.3) is 0 Å². The Labute approximate surface area is 227 Å². The largest absolute Gasteiger partial charge is 0.489 e. The zero-order chi connectivity index (χ0) is 26.8. The molecule has 0 spiro atoms. The number of aryl methyl sites for hydroxylation is 1. The zero-order valence-electron chi connectivity index (χ0n) is 22.1. The number of pyridine rings is 1. The highest BCUT2D eigenvalue weighted by Crippen LogP contribution is 2.38. The summed E-state index contributed by atoms with van der Waals surface area (Å²) in [5.74, 6) is 1.17. The van der Waals surface area contributed by atoms with E-state index in [1.807, 2.05) is 31.3 Å². The molecule has 3 aliphatic rings. The number of hydrogen-bond donors (Lipinski definition) is 3. The van der Waals surface area contributed by atoms with E-state index in [0.29, 0.717) is 43.6 Å². The Morgan fingerprint density at radius 1 is 1.15 bits per heavy atom. The van der Waals surface area contributed by atoms with Gasteiger partial charge in [0.1, 0.15) is 12.4 Å². The van der Waals surface area contributed by atoms with Gasteiger partial charge >= 0.3 is 0 Å². The van der Waals surface area contributed by atoms with E-state index in [0.717, 1.165) is 55.3 Å². The lowest BCUT2D eigenvalue weighted by Crippen LogP contribution is -2.57. The summed E-state index contributed by atoms with van der Waals surface area (Å²) < 4.78 is 11.7. The maximum absolute atomic E-state index is 12.3. The second-order valence-corrected chi connectivity index (χ2v) is 10.1. The van der Waals surface area contributed by atoms with Gasteiger partial charge in [-0.1, -0.05) is 6.92 Å². The molecule has 0 aliphatic carbocycles. The van der Waals surface area contributed by atoms with E-state index in [1.165, 1.54) is 0 Å². The van der Waals surface area contributed by atoms with Crippen LogP contribution in [0.3, 0.4) is 0 Å². The van der Waals surface area contributed by atoms with Gasteiger partial charge in [-0.3, -0.25) is 9.78 Å². The number of piperazine rings is 1. The molecular formula is C28H34N8O3. The van der Waals surface area contributed by atoms with Crippen LogP contribution in [0.4, 0.5) is 28.7 Å². The highest BCUT2D eigenvalue weighted by atomic mass is 16.5. The fourth-order valence-corrected chi connectivity index (χ4v) is 5.48. The number of nitrogens with one attached hydrogen (secondary N) is 2. The maximum atomic E-state index is 12.3. The molecule has 2 aromatic heterocycles. The van der Waals surface area contributed by atoms with Crippen molar-refractivity contribution in [2.45, 2.75) is 38.3 Å². The van der Waals surface area contributed by atoms with Gasteiger partial charge < -0.3 is 35.6 Å². The van der Waals surface area contributed by atoms with Crippen LogP contribution in [0.1, 0.15) is 35.9 Å². The van der Waals surface area contributed by atoms with Gasteiger partial charge in [-0.05, 0) is 43.5 Å². The number of rotatable bonds is 7. The third-order valence-electron chi connectivity index (χ3n) is 7.56. The van der Waals surface area contributed by atoms with Gasteiger partial charge in [0.15, 0.2) is 17.3 Å². The first-order valence-corrected chi connectivity index (χ1v) is 13.6. The number of primary amides is 1. The number of hydrogen-bond acceptors (Lipinski definition) is 10. The Hall–Kier alpha value is -4.12. The SMILES string of the molecule is CCc1nc(C(N)=O)c(Nc2ccc3c(c2)OCC2CN(c4cccnc4)CCN32)nc1NC1CCOCC1. The Bertz CT molecular complexity index is 1330. The predicted molar refractivity (Wildman–Crippen MR) is 150 cm³/mol. The van der Waals surface area contributed by atoms with Crippen molar-refractivity contribution < 1.29 is 14.3 Å². The molecule has 39 heavy (non-hydrogen) atoms. The van der Waals surface area contributed by atoms with Crippen molar-refractivity contribution in [3.05, 3.63) is 54.1 Å². The van der Waals surface area contributed by atoms with Crippen LogP contribution in [0.5, 0.6) is 5.75 Å². The van der Waals surface area contributed by atoms with Crippen molar-refractivity contribution in [1.29, 1.82) is 0 Å². The minimum atomic E-state index is -0.624. The summed E-state index contributed by atoms with van der Waals surface area (Å²) in [4.78, 5) is 30.7. The molecule has 4 N–H and O–H groups in total. The van der Waals surface area contributed by atoms with E-state index in [9.17, 15) is 4.79 Å². The Morgan fingerprint density at radius 3 is 2.79 bits per heavy atom. The van der Waals surface area contributed by atoms with Crippen molar-refractivity contribution in [3.63, 3.8) is 0 Å². The normalized spacial score (nSPS) is 19.1. The first kappa shape index (κ1) is 25.2. The maximum Gasteiger partial charge on any atom is 0.271 e. The third kappa shape index (κ3) is 5.26. The van der Waals surface area contributed by atoms with Crippen LogP contribution in [0, 0.1) is 0 Å². The standard InChI is InChI=1S/C28H34N8O3/c1-2-22-27(31-18-7-12-38-13-8-18)34-28(25(33-22)26(29)37)32-19-5-6-23-24(14-19)39-17-21-16-35(10-11-36(21)23)20-4-3-9-30-15-20/h3-6,9,14-15,18,21H,2,7-8,10-13,16-17H2,1H3,(H2,29,37)(H2,31,32,34). The van der Waals surface area contributed by atoms with Crippen LogP contribution in [0.15, 0.2) is 42.7 Å². The average molecular weight is 531 g/mol. The molecule has 1 amide bonds. The molecule has 5 heterocycles. The lowest BCUT2D eigenvalue weighted by Gasteiger charge is -2.46. The molecule has 1 atom stereocenters. The minimum Gasteiger partial charge on any atom is -0.489 e.